The van der Waals surface area contributed by atoms with E-state index in [1.54, 1.807) is 4.90 Å². The second kappa shape index (κ2) is 10.2. The van der Waals surface area contributed by atoms with Crippen molar-refractivity contribution in [3.63, 3.8) is 0 Å². The van der Waals surface area contributed by atoms with Crippen molar-refractivity contribution in [1.82, 2.24) is 20.1 Å². The summed E-state index contributed by atoms with van der Waals surface area (Å²) in [5.41, 5.74) is 2.02. The molecule has 1 aliphatic carbocycles. The quantitative estimate of drug-likeness (QED) is 0.697. The third-order valence-corrected chi connectivity index (χ3v) is 6.96. The van der Waals surface area contributed by atoms with Gasteiger partial charge in [-0.2, -0.15) is 0 Å². The number of H-pyrrole nitrogens is 1. The lowest BCUT2D eigenvalue weighted by Crippen LogP contribution is -2.56. The number of piperazine rings is 1. The van der Waals surface area contributed by atoms with Crippen molar-refractivity contribution in [2.45, 2.75) is 57.9 Å². The minimum absolute atomic E-state index is 0.0801. The first kappa shape index (κ1) is 22.4. The average molecular weight is 439 g/mol. The molecular formula is C25H34N4O3. The number of carbonyl (C=O) groups excluding carboxylic acids is 3. The lowest BCUT2D eigenvalue weighted by atomic mass is 10.0. The van der Waals surface area contributed by atoms with E-state index in [4.69, 9.17) is 0 Å². The summed E-state index contributed by atoms with van der Waals surface area (Å²) in [6.45, 7) is 3.59. The molecule has 1 unspecified atom stereocenters. The summed E-state index contributed by atoms with van der Waals surface area (Å²) >= 11 is 0. The van der Waals surface area contributed by atoms with Gasteiger partial charge in [-0.25, -0.2) is 0 Å². The highest BCUT2D eigenvalue weighted by Crippen LogP contribution is 2.28. The second-order valence-electron chi connectivity index (χ2n) is 9.21. The van der Waals surface area contributed by atoms with E-state index in [1.165, 1.54) is 32.6 Å². The highest BCUT2D eigenvalue weighted by atomic mass is 16.2. The number of fused-ring (bicyclic) bond motifs is 1. The number of rotatable bonds is 7. The monoisotopic (exact) mass is 438 g/mol. The first-order valence-corrected chi connectivity index (χ1v) is 11.9. The Hall–Kier alpha value is -2.83. The standard InChI is InChI=1S/C25H34N4O3/c1-18(30)27-23(16-20-17-26-22-9-5-4-8-21(20)22)25(32)29-14-12-28(13-15-29)24(31)11-10-19-6-2-3-7-19/h4-5,8-9,17,19,23,26H,2-3,6-7,10-16H2,1H3,(H,27,30). The summed E-state index contributed by atoms with van der Waals surface area (Å²) in [4.78, 5) is 44.6. The van der Waals surface area contributed by atoms with Gasteiger partial charge in [0.15, 0.2) is 0 Å². The van der Waals surface area contributed by atoms with Gasteiger partial charge in [0.25, 0.3) is 0 Å². The van der Waals surface area contributed by atoms with E-state index in [9.17, 15) is 14.4 Å². The molecule has 2 N–H and O–H groups in total. The van der Waals surface area contributed by atoms with E-state index >= 15 is 0 Å². The number of nitrogens with zero attached hydrogens (tertiary/aromatic N) is 2. The number of aromatic nitrogens is 1. The number of carbonyl (C=O) groups is 3. The van der Waals surface area contributed by atoms with Gasteiger partial charge in [-0.1, -0.05) is 43.9 Å². The van der Waals surface area contributed by atoms with E-state index < -0.39 is 6.04 Å². The van der Waals surface area contributed by atoms with Crippen LogP contribution in [0, 0.1) is 5.92 Å². The van der Waals surface area contributed by atoms with Gasteiger partial charge < -0.3 is 20.1 Å². The smallest absolute Gasteiger partial charge is 0.245 e. The largest absolute Gasteiger partial charge is 0.361 e. The molecule has 172 valence electrons. The molecule has 2 heterocycles. The number of para-hydroxylation sites is 1. The molecule has 0 bridgehead atoms. The van der Waals surface area contributed by atoms with Crippen LogP contribution in [0.3, 0.4) is 0 Å². The van der Waals surface area contributed by atoms with Crippen LogP contribution in [0.5, 0.6) is 0 Å². The summed E-state index contributed by atoms with van der Waals surface area (Å²) in [5, 5.41) is 3.90. The van der Waals surface area contributed by atoms with Crippen LogP contribution in [0.2, 0.25) is 0 Å². The van der Waals surface area contributed by atoms with Gasteiger partial charge in [-0.15, -0.1) is 0 Å². The van der Waals surface area contributed by atoms with E-state index in [1.807, 2.05) is 35.4 Å². The highest BCUT2D eigenvalue weighted by Gasteiger charge is 2.30. The predicted molar refractivity (Wildman–Crippen MR) is 124 cm³/mol. The Morgan fingerprint density at radius 1 is 1.06 bits per heavy atom. The van der Waals surface area contributed by atoms with Crippen LogP contribution >= 0.6 is 0 Å². The van der Waals surface area contributed by atoms with Crippen LogP contribution in [0.15, 0.2) is 30.5 Å². The minimum atomic E-state index is -0.615. The van der Waals surface area contributed by atoms with E-state index in [-0.39, 0.29) is 17.7 Å². The lowest BCUT2D eigenvalue weighted by molar-refractivity contribution is -0.141. The maximum Gasteiger partial charge on any atom is 0.245 e. The first-order valence-electron chi connectivity index (χ1n) is 11.9. The number of hydrogen-bond donors (Lipinski definition) is 2. The molecule has 1 aromatic heterocycles. The van der Waals surface area contributed by atoms with Gasteiger partial charge >= 0.3 is 0 Å². The minimum Gasteiger partial charge on any atom is -0.361 e. The highest BCUT2D eigenvalue weighted by molar-refractivity contribution is 5.89. The molecule has 2 aromatic rings. The summed E-state index contributed by atoms with van der Waals surface area (Å²) < 4.78 is 0. The Bertz CT molecular complexity index is 955. The second-order valence-corrected chi connectivity index (χ2v) is 9.21. The van der Waals surface area contributed by atoms with Gasteiger partial charge in [0, 0.05) is 63.0 Å². The first-order chi connectivity index (χ1) is 15.5. The van der Waals surface area contributed by atoms with Gasteiger partial charge in [0.1, 0.15) is 6.04 Å². The molecule has 3 amide bonds. The molecule has 1 atom stereocenters. The number of aromatic amines is 1. The number of nitrogens with one attached hydrogen (secondary N) is 2. The average Bonchev–Trinajstić information content (AvgIpc) is 3.47. The maximum atomic E-state index is 13.3. The van der Waals surface area contributed by atoms with Crippen LogP contribution in [-0.4, -0.2) is 64.7 Å². The van der Waals surface area contributed by atoms with Crippen LogP contribution in [-0.2, 0) is 20.8 Å². The summed E-state index contributed by atoms with van der Waals surface area (Å²) in [7, 11) is 0. The number of benzene rings is 1. The lowest BCUT2D eigenvalue weighted by Gasteiger charge is -2.36. The molecule has 7 heteroatoms. The predicted octanol–water partition coefficient (Wildman–Crippen LogP) is 2.86. The van der Waals surface area contributed by atoms with Crippen LogP contribution in [0.25, 0.3) is 10.9 Å². The molecule has 32 heavy (non-hydrogen) atoms. The van der Waals surface area contributed by atoms with Crippen molar-refractivity contribution in [1.29, 1.82) is 0 Å². The fraction of sp³-hybridized carbons (Fsp3) is 0.560. The Balaban J connectivity index is 1.33. The van der Waals surface area contributed by atoms with Gasteiger partial charge in [-0.3, -0.25) is 14.4 Å². The van der Waals surface area contributed by atoms with Crippen LogP contribution in [0.4, 0.5) is 0 Å². The number of amides is 3. The topological polar surface area (TPSA) is 85.5 Å². The van der Waals surface area contributed by atoms with Crippen molar-refractivity contribution in [3.8, 4) is 0 Å². The normalized spacial score (nSPS) is 18.2. The SMILES string of the molecule is CC(=O)NC(Cc1c[nH]c2ccccc12)C(=O)N1CCN(C(=O)CCC2CCCC2)CC1. The Kier molecular flexibility index (Phi) is 7.12. The fourth-order valence-electron chi connectivity index (χ4n) is 5.15. The summed E-state index contributed by atoms with van der Waals surface area (Å²) in [5.74, 6) is 0.624. The summed E-state index contributed by atoms with van der Waals surface area (Å²) in [6.07, 6.45) is 9.08. The molecule has 0 spiro atoms. The van der Waals surface area contributed by atoms with Crippen molar-refractivity contribution < 1.29 is 14.4 Å². The van der Waals surface area contributed by atoms with Crippen molar-refractivity contribution in [3.05, 3.63) is 36.0 Å². The molecule has 2 fully saturated rings. The molecule has 1 saturated heterocycles. The van der Waals surface area contributed by atoms with Crippen LogP contribution < -0.4 is 5.32 Å². The Labute approximate surface area is 189 Å². The Morgan fingerprint density at radius 2 is 1.75 bits per heavy atom. The molecule has 7 nitrogen and oxygen atoms in total. The van der Waals surface area contributed by atoms with E-state index in [0.717, 1.165) is 22.9 Å². The van der Waals surface area contributed by atoms with Crippen LogP contribution in [0.1, 0.15) is 51.0 Å². The molecule has 1 saturated carbocycles. The van der Waals surface area contributed by atoms with Crippen molar-refractivity contribution in [2.75, 3.05) is 26.2 Å². The zero-order chi connectivity index (χ0) is 22.5. The van der Waals surface area contributed by atoms with Crippen molar-refractivity contribution >= 4 is 28.6 Å². The van der Waals surface area contributed by atoms with Gasteiger partial charge in [0.2, 0.25) is 17.7 Å². The summed E-state index contributed by atoms with van der Waals surface area (Å²) in [6, 6.07) is 7.34. The van der Waals surface area contributed by atoms with Gasteiger partial charge in [0.05, 0.1) is 0 Å². The molecule has 1 aliphatic heterocycles. The fourth-order valence-corrected chi connectivity index (χ4v) is 5.15. The molecule has 0 radical (unpaired) electrons. The zero-order valence-electron chi connectivity index (χ0n) is 18.9. The van der Waals surface area contributed by atoms with E-state index in [0.29, 0.717) is 44.9 Å². The van der Waals surface area contributed by atoms with E-state index in [2.05, 4.69) is 10.3 Å². The molecule has 4 rings (SSSR count). The molecular weight excluding hydrogens is 404 g/mol. The third-order valence-electron chi connectivity index (χ3n) is 6.96. The third kappa shape index (κ3) is 5.31. The number of hydrogen-bond acceptors (Lipinski definition) is 3. The Morgan fingerprint density at radius 3 is 2.47 bits per heavy atom. The van der Waals surface area contributed by atoms with Gasteiger partial charge in [-0.05, 0) is 24.0 Å². The molecule has 1 aromatic carbocycles. The van der Waals surface area contributed by atoms with Crippen molar-refractivity contribution in [2.24, 2.45) is 5.92 Å². The maximum absolute atomic E-state index is 13.3. The molecule has 2 aliphatic rings. The zero-order valence-corrected chi connectivity index (χ0v) is 18.9.